The van der Waals surface area contributed by atoms with Gasteiger partial charge in [0.25, 0.3) is 0 Å². The maximum absolute atomic E-state index is 12.9. The number of hydrogen-bond acceptors (Lipinski definition) is 6. The Balaban J connectivity index is 1.49. The van der Waals surface area contributed by atoms with Crippen molar-refractivity contribution in [3.63, 3.8) is 0 Å². The van der Waals surface area contributed by atoms with Crippen molar-refractivity contribution in [2.45, 2.75) is 18.7 Å². The number of nitrogens with zero attached hydrogens (tertiary/aromatic N) is 6. The number of anilines is 1. The van der Waals surface area contributed by atoms with Crippen LogP contribution in [0.4, 0.5) is 5.82 Å². The molecule has 1 aromatic carbocycles. The van der Waals surface area contributed by atoms with E-state index in [0.29, 0.717) is 31.1 Å². The number of rotatable bonds is 4. The van der Waals surface area contributed by atoms with Gasteiger partial charge in [0.05, 0.1) is 10.6 Å². The molecule has 0 atom stereocenters. The Morgan fingerprint density at radius 3 is 2.21 bits per heavy atom. The molecule has 152 valence electrons. The largest absolute Gasteiger partial charge is 0.354 e. The van der Waals surface area contributed by atoms with Crippen molar-refractivity contribution >= 4 is 38.4 Å². The summed E-state index contributed by atoms with van der Waals surface area (Å²) >= 11 is 2.17. The summed E-state index contributed by atoms with van der Waals surface area (Å²) in [5, 5.41) is 0. The monoisotopic (exact) mass is 524 g/mol. The average Bonchev–Trinajstić information content (AvgIpc) is 3.07. The fourth-order valence-corrected chi connectivity index (χ4v) is 5.07. The quantitative estimate of drug-likeness (QED) is 0.488. The van der Waals surface area contributed by atoms with E-state index in [9.17, 15) is 8.42 Å². The van der Waals surface area contributed by atoms with E-state index in [1.54, 1.807) is 18.5 Å². The Bertz CT molecular complexity index is 1120. The number of aryl methyl sites for hydroxylation is 1. The molecule has 0 spiro atoms. The van der Waals surface area contributed by atoms with Crippen molar-refractivity contribution in [1.29, 1.82) is 0 Å². The van der Waals surface area contributed by atoms with E-state index in [-0.39, 0.29) is 0 Å². The van der Waals surface area contributed by atoms with Crippen LogP contribution in [0, 0.1) is 17.4 Å². The lowest BCUT2D eigenvalue weighted by molar-refractivity contribution is 0.383. The first-order valence-corrected chi connectivity index (χ1v) is 11.7. The van der Waals surface area contributed by atoms with Gasteiger partial charge in [0, 0.05) is 41.5 Å². The first-order chi connectivity index (χ1) is 13.9. The van der Waals surface area contributed by atoms with E-state index < -0.39 is 10.0 Å². The van der Waals surface area contributed by atoms with Gasteiger partial charge in [0.15, 0.2) is 0 Å². The fraction of sp³-hybridized carbons (Fsp3) is 0.316. The first-order valence-electron chi connectivity index (χ1n) is 9.20. The summed E-state index contributed by atoms with van der Waals surface area (Å²) in [6, 6.07) is 8.86. The lowest BCUT2D eigenvalue weighted by Gasteiger charge is -2.34. The summed E-state index contributed by atoms with van der Waals surface area (Å²) in [4.78, 5) is 15.5. The Morgan fingerprint density at radius 1 is 0.931 bits per heavy atom. The zero-order valence-corrected chi connectivity index (χ0v) is 19.1. The molecule has 8 nitrogen and oxygen atoms in total. The van der Waals surface area contributed by atoms with E-state index in [1.807, 2.05) is 36.6 Å². The SMILES string of the molecule is Cc1ncn(-c2cc(N3CCN(S(=O)(=O)c4ccc(I)cc4)CC3)ncn2)c1C. The Hall–Kier alpha value is -2.05. The van der Waals surface area contributed by atoms with Crippen LogP contribution in [0.3, 0.4) is 0 Å². The smallest absolute Gasteiger partial charge is 0.243 e. The minimum atomic E-state index is -3.48. The van der Waals surface area contributed by atoms with Crippen LogP contribution in [0.15, 0.2) is 47.9 Å². The number of imidazole rings is 1. The molecule has 0 bridgehead atoms. The molecule has 0 aliphatic carbocycles. The Morgan fingerprint density at radius 2 is 1.59 bits per heavy atom. The van der Waals surface area contributed by atoms with E-state index in [0.717, 1.165) is 26.6 Å². The molecule has 4 rings (SSSR count). The molecule has 1 aliphatic heterocycles. The highest BCUT2D eigenvalue weighted by Crippen LogP contribution is 2.22. The third-order valence-corrected chi connectivity index (χ3v) is 7.78. The Kier molecular flexibility index (Phi) is 5.58. The van der Waals surface area contributed by atoms with Gasteiger partial charge < -0.3 is 4.90 Å². The van der Waals surface area contributed by atoms with Crippen LogP contribution in [0.1, 0.15) is 11.4 Å². The second-order valence-electron chi connectivity index (χ2n) is 6.86. The van der Waals surface area contributed by atoms with Crippen molar-refractivity contribution in [3.8, 4) is 5.82 Å². The van der Waals surface area contributed by atoms with Crippen LogP contribution >= 0.6 is 22.6 Å². The summed E-state index contributed by atoms with van der Waals surface area (Å²) in [6.45, 7) is 5.93. The van der Waals surface area contributed by atoms with Gasteiger partial charge in [0.2, 0.25) is 10.0 Å². The summed E-state index contributed by atoms with van der Waals surface area (Å²) in [5.74, 6) is 1.54. The van der Waals surface area contributed by atoms with E-state index in [2.05, 4.69) is 42.4 Å². The molecule has 1 aliphatic rings. The molecule has 10 heteroatoms. The van der Waals surface area contributed by atoms with Crippen LogP contribution in [-0.2, 0) is 10.0 Å². The topological polar surface area (TPSA) is 84.2 Å². The molecule has 1 fully saturated rings. The average molecular weight is 524 g/mol. The molecule has 0 unspecified atom stereocenters. The molecule has 3 heterocycles. The molecule has 2 aromatic heterocycles. The fourth-order valence-electron chi connectivity index (χ4n) is 3.28. The molecule has 0 radical (unpaired) electrons. The second kappa shape index (κ2) is 8.00. The third-order valence-electron chi connectivity index (χ3n) is 5.15. The van der Waals surface area contributed by atoms with Crippen molar-refractivity contribution < 1.29 is 8.42 Å². The predicted molar refractivity (Wildman–Crippen MR) is 119 cm³/mol. The minimum absolute atomic E-state index is 0.335. The molecule has 0 amide bonds. The van der Waals surface area contributed by atoms with Gasteiger partial charge in [-0.15, -0.1) is 0 Å². The lowest BCUT2D eigenvalue weighted by Crippen LogP contribution is -2.48. The normalized spacial score (nSPS) is 15.6. The van der Waals surface area contributed by atoms with E-state index >= 15 is 0 Å². The van der Waals surface area contributed by atoms with Crippen molar-refractivity contribution in [2.75, 3.05) is 31.1 Å². The van der Waals surface area contributed by atoms with Crippen molar-refractivity contribution in [2.24, 2.45) is 0 Å². The van der Waals surface area contributed by atoms with E-state index in [4.69, 9.17) is 0 Å². The number of hydrogen-bond donors (Lipinski definition) is 0. The van der Waals surface area contributed by atoms with Gasteiger partial charge >= 0.3 is 0 Å². The van der Waals surface area contributed by atoms with Gasteiger partial charge in [-0.2, -0.15) is 4.31 Å². The van der Waals surface area contributed by atoms with E-state index in [1.165, 1.54) is 10.6 Å². The first kappa shape index (κ1) is 20.2. The predicted octanol–water partition coefficient (Wildman–Crippen LogP) is 2.39. The second-order valence-corrected chi connectivity index (χ2v) is 10.0. The maximum atomic E-state index is 12.9. The highest BCUT2D eigenvalue weighted by molar-refractivity contribution is 14.1. The molecular weight excluding hydrogens is 503 g/mol. The Labute approximate surface area is 183 Å². The zero-order valence-electron chi connectivity index (χ0n) is 16.2. The van der Waals surface area contributed by atoms with Gasteiger partial charge in [-0.1, -0.05) is 0 Å². The molecule has 1 saturated heterocycles. The van der Waals surface area contributed by atoms with Crippen molar-refractivity contribution in [1.82, 2.24) is 23.8 Å². The van der Waals surface area contributed by atoms with Crippen LogP contribution in [0.5, 0.6) is 0 Å². The van der Waals surface area contributed by atoms with Crippen LogP contribution in [-0.4, -0.2) is 58.4 Å². The lowest BCUT2D eigenvalue weighted by atomic mass is 10.3. The summed E-state index contributed by atoms with van der Waals surface area (Å²) < 4.78 is 30.3. The third kappa shape index (κ3) is 4.01. The zero-order chi connectivity index (χ0) is 20.6. The highest BCUT2D eigenvalue weighted by atomic mass is 127. The molecule has 3 aromatic rings. The van der Waals surface area contributed by atoms with Crippen molar-refractivity contribution in [3.05, 3.63) is 57.9 Å². The number of piperazine rings is 1. The number of sulfonamides is 1. The standard InChI is InChI=1S/C19H21IN6O2S/c1-14-15(2)26(13-23-14)19-11-18(21-12-22-19)24-7-9-25(10-8-24)29(27,28)17-5-3-16(20)4-6-17/h3-6,11-13H,7-10H2,1-2H3. The van der Waals surface area contributed by atoms with Crippen LogP contribution in [0.25, 0.3) is 5.82 Å². The number of benzene rings is 1. The molecular formula is C19H21IN6O2S. The van der Waals surface area contributed by atoms with Gasteiger partial charge in [-0.05, 0) is 60.7 Å². The minimum Gasteiger partial charge on any atom is -0.354 e. The number of aromatic nitrogens is 4. The van der Waals surface area contributed by atoms with Gasteiger partial charge in [-0.25, -0.2) is 23.4 Å². The summed E-state index contributed by atoms with van der Waals surface area (Å²) in [6.07, 6.45) is 3.29. The van der Waals surface area contributed by atoms with Crippen LogP contribution < -0.4 is 4.90 Å². The van der Waals surface area contributed by atoms with Gasteiger partial charge in [0.1, 0.15) is 24.3 Å². The van der Waals surface area contributed by atoms with Gasteiger partial charge in [-0.3, -0.25) is 4.57 Å². The molecule has 0 N–H and O–H groups in total. The molecule has 0 saturated carbocycles. The summed E-state index contributed by atoms with van der Waals surface area (Å²) in [5.41, 5.74) is 1.99. The molecule has 29 heavy (non-hydrogen) atoms. The van der Waals surface area contributed by atoms with Crippen LogP contribution in [0.2, 0.25) is 0 Å². The number of halogens is 1. The maximum Gasteiger partial charge on any atom is 0.243 e. The summed E-state index contributed by atoms with van der Waals surface area (Å²) in [7, 11) is -3.48. The highest BCUT2D eigenvalue weighted by Gasteiger charge is 2.29.